The molecule has 3 unspecified atom stereocenters. The maximum absolute atomic E-state index is 12.9. The standard InChI is InChI=1S/C66H115O11P/c1-4-7-10-13-16-19-22-25-28-30-31-33-36-39-42-45-48-51-54-57-66(70)77-63(59-73-64(68)55-52-49-46-43-40-37-35-32-29-26-23-20-17-14-11-8-5-2)61-75-78(71,72)74-60-62(58-67)76-65(69)56-53-50-47-44-41-38-34-27-24-21-18-15-12-9-6-3/h7-8,10-11,16-17,19-20,25-26,28-29,31,33,62-63,67H,4-6,9,12-15,18,21-24,27,30,32,34-61H2,1-3H3,(H,71,72)/b10-7-,11-8-,19-16-,20-17-,28-25-,29-26-,33-31-. The van der Waals surface area contributed by atoms with Crippen LogP contribution in [0.25, 0.3) is 0 Å². The van der Waals surface area contributed by atoms with Gasteiger partial charge in [-0.3, -0.25) is 23.4 Å². The molecule has 0 amide bonds. The molecular formula is C66H115O11P. The summed E-state index contributed by atoms with van der Waals surface area (Å²) in [7, 11) is -4.76. The highest BCUT2D eigenvalue weighted by Gasteiger charge is 2.28. The summed E-state index contributed by atoms with van der Waals surface area (Å²) in [4.78, 5) is 48.7. The SMILES string of the molecule is CC/C=C\C/C=C\C/C=C\C/C=C\CCCCCCCCC(=O)OC(COC(=O)CCCCCCCCC/C=C\C/C=C\C/C=C\CC)COP(=O)(O)OCC(CO)OC(=O)CCCCCCCCCCCCCCCCC. The first-order valence-electron chi connectivity index (χ1n) is 31.5. The molecule has 2 N–H and O–H groups in total. The van der Waals surface area contributed by atoms with Gasteiger partial charge in [0.1, 0.15) is 12.7 Å². The highest BCUT2D eigenvalue weighted by molar-refractivity contribution is 7.47. The van der Waals surface area contributed by atoms with Crippen LogP contribution in [-0.4, -0.2) is 66.5 Å². The Labute approximate surface area is 477 Å². The van der Waals surface area contributed by atoms with Crippen LogP contribution in [0.5, 0.6) is 0 Å². The third-order valence-corrected chi connectivity index (χ3v) is 14.3. The highest BCUT2D eigenvalue weighted by Crippen LogP contribution is 2.43. The topological polar surface area (TPSA) is 155 Å². The number of carbonyl (C=O) groups excluding carboxylic acids is 3. The van der Waals surface area contributed by atoms with Gasteiger partial charge in [0.05, 0.1) is 19.8 Å². The quantitative estimate of drug-likeness (QED) is 0.0197. The van der Waals surface area contributed by atoms with Crippen LogP contribution < -0.4 is 0 Å². The molecule has 450 valence electrons. The minimum atomic E-state index is -4.76. The van der Waals surface area contributed by atoms with E-state index < -0.39 is 57.8 Å². The Morgan fingerprint density at radius 1 is 0.372 bits per heavy atom. The summed E-state index contributed by atoms with van der Waals surface area (Å²) in [6.45, 7) is 4.43. The fourth-order valence-corrected chi connectivity index (χ4v) is 9.38. The third-order valence-electron chi connectivity index (χ3n) is 13.3. The Kier molecular flexibility index (Phi) is 57.2. The van der Waals surface area contributed by atoms with E-state index in [0.717, 1.165) is 135 Å². The molecule has 0 spiro atoms. The molecule has 0 heterocycles. The van der Waals surface area contributed by atoms with Crippen LogP contribution in [0.1, 0.15) is 278 Å². The summed E-state index contributed by atoms with van der Waals surface area (Å²) in [5, 5.41) is 9.85. The predicted molar refractivity (Wildman–Crippen MR) is 325 cm³/mol. The second-order valence-corrected chi connectivity index (χ2v) is 22.3. The minimum Gasteiger partial charge on any atom is -0.462 e. The maximum atomic E-state index is 12.9. The summed E-state index contributed by atoms with van der Waals surface area (Å²) < 4.78 is 39.7. The number of hydrogen-bond acceptors (Lipinski definition) is 10. The van der Waals surface area contributed by atoms with Crippen molar-refractivity contribution < 1.29 is 52.2 Å². The van der Waals surface area contributed by atoms with Gasteiger partial charge in [-0.15, -0.1) is 0 Å². The van der Waals surface area contributed by atoms with Gasteiger partial charge in [0.15, 0.2) is 6.10 Å². The lowest BCUT2D eigenvalue weighted by atomic mass is 10.0. The van der Waals surface area contributed by atoms with Crippen molar-refractivity contribution in [2.75, 3.05) is 26.4 Å². The second kappa shape index (κ2) is 59.8. The molecule has 12 heteroatoms. The first kappa shape index (κ1) is 74.7. The van der Waals surface area contributed by atoms with E-state index in [2.05, 4.69) is 106 Å². The summed E-state index contributed by atoms with van der Waals surface area (Å²) in [6, 6.07) is 0. The number of allylic oxidation sites excluding steroid dienone is 14. The molecule has 0 aromatic rings. The van der Waals surface area contributed by atoms with Crippen molar-refractivity contribution in [1.82, 2.24) is 0 Å². The molecule has 0 aliphatic heterocycles. The van der Waals surface area contributed by atoms with Crippen LogP contribution >= 0.6 is 7.82 Å². The van der Waals surface area contributed by atoms with Crippen molar-refractivity contribution in [2.45, 2.75) is 290 Å². The third kappa shape index (κ3) is 57.3. The van der Waals surface area contributed by atoms with Crippen molar-refractivity contribution in [3.8, 4) is 0 Å². The van der Waals surface area contributed by atoms with E-state index in [1.54, 1.807) is 0 Å². The van der Waals surface area contributed by atoms with Crippen molar-refractivity contribution in [1.29, 1.82) is 0 Å². The van der Waals surface area contributed by atoms with E-state index >= 15 is 0 Å². The molecule has 0 aromatic carbocycles. The molecule has 0 rings (SSSR count). The number of carbonyl (C=O) groups is 3. The largest absolute Gasteiger partial charge is 0.472 e. The molecule has 3 atom stereocenters. The average Bonchev–Trinajstić information content (AvgIpc) is 3.43. The molecule has 0 radical (unpaired) electrons. The van der Waals surface area contributed by atoms with Gasteiger partial charge < -0.3 is 24.2 Å². The first-order valence-corrected chi connectivity index (χ1v) is 33.0. The van der Waals surface area contributed by atoms with E-state index in [1.165, 1.54) is 83.5 Å². The van der Waals surface area contributed by atoms with Crippen molar-refractivity contribution in [3.05, 3.63) is 85.1 Å². The molecule has 0 aliphatic carbocycles. The Morgan fingerprint density at radius 2 is 0.667 bits per heavy atom. The lowest BCUT2D eigenvalue weighted by Crippen LogP contribution is -2.30. The number of phosphoric acid groups is 1. The maximum Gasteiger partial charge on any atom is 0.472 e. The number of unbranched alkanes of at least 4 members (excludes halogenated alkanes) is 27. The molecule has 0 fully saturated rings. The number of aliphatic hydroxyl groups excluding tert-OH is 1. The Bertz CT molecular complexity index is 1630. The Balaban J connectivity index is 4.74. The van der Waals surface area contributed by atoms with Gasteiger partial charge in [0.25, 0.3) is 0 Å². The van der Waals surface area contributed by atoms with Crippen LogP contribution in [0.3, 0.4) is 0 Å². The first-order chi connectivity index (χ1) is 38.2. The Morgan fingerprint density at radius 3 is 1.03 bits per heavy atom. The van der Waals surface area contributed by atoms with Gasteiger partial charge in [-0.2, -0.15) is 0 Å². The second-order valence-electron chi connectivity index (χ2n) is 20.8. The molecule has 0 bridgehead atoms. The Hall–Kier alpha value is -3.34. The van der Waals surface area contributed by atoms with Gasteiger partial charge in [0, 0.05) is 19.3 Å². The summed E-state index contributed by atoms with van der Waals surface area (Å²) in [5.74, 6) is -1.48. The number of rotatable bonds is 58. The average molecular weight is 1120 g/mol. The lowest BCUT2D eigenvalue weighted by molar-refractivity contribution is -0.161. The molecule has 0 aliphatic rings. The van der Waals surface area contributed by atoms with Crippen LogP contribution in [0.2, 0.25) is 0 Å². The molecule has 0 saturated carbocycles. The number of ether oxygens (including phenoxy) is 3. The number of aliphatic hydroxyl groups is 1. The molecule has 0 aromatic heterocycles. The summed E-state index contributed by atoms with van der Waals surface area (Å²) in [6.07, 6.45) is 69.6. The fourth-order valence-electron chi connectivity index (χ4n) is 8.60. The smallest absolute Gasteiger partial charge is 0.462 e. The van der Waals surface area contributed by atoms with Crippen molar-refractivity contribution >= 4 is 25.7 Å². The van der Waals surface area contributed by atoms with Gasteiger partial charge >= 0.3 is 25.7 Å². The fraction of sp³-hybridized carbons (Fsp3) is 0.742. The number of hydrogen-bond donors (Lipinski definition) is 2. The van der Waals surface area contributed by atoms with Crippen LogP contribution in [-0.2, 0) is 42.2 Å². The number of esters is 3. The van der Waals surface area contributed by atoms with Crippen molar-refractivity contribution in [3.63, 3.8) is 0 Å². The monoisotopic (exact) mass is 1110 g/mol. The van der Waals surface area contributed by atoms with Gasteiger partial charge in [0.2, 0.25) is 0 Å². The minimum absolute atomic E-state index is 0.147. The molecule has 78 heavy (non-hydrogen) atoms. The molecular weight excluding hydrogens is 1000 g/mol. The van der Waals surface area contributed by atoms with Crippen LogP contribution in [0.4, 0.5) is 0 Å². The van der Waals surface area contributed by atoms with E-state index in [4.69, 9.17) is 23.3 Å². The zero-order valence-electron chi connectivity index (χ0n) is 49.9. The number of phosphoric ester groups is 1. The van der Waals surface area contributed by atoms with E-state index in [1.807, 2.05) is 0 Å². The zero-order valence-corrected chi connectivity index (χ0v) is 50.8. The molecule has 11 nitrogen and oxygen atoms in total. The van der Waals surface area contributed by atoms with E-state index in [-0.39, 0.29) is 25.9 Å². The van der Waals surface area contributed by atoms with Crippen LogP contribution in [0.15, 0.2) is 85.1 Å². The summed E-state index contributed by atoms with van der Waals surface area (Å²) >= 11 is 0. The zero-order chi connectivity index (χ0) is 56.9. The van der Waals surface area contributed by atoms with Crippen molar-refractivity contribution in [2.24, 2.45) is 0 Å². The highest BCUT2D eigenvalue weighted by atomic mass is 31.2. The van der Waals surface area contributed by atoms with Gasteiger partial charge in [-0.25, -0.2) is 4.57 Å². The van der Waals surface area contributed by atoms with Gasteiger partial charge in [-0.05, 0) is 89.9 Å². The van der Waals surface area contributed by atoms with Crippen LogP contribution in [0, 0.1) is 0 Å². The predicted octanol–water partition coefficient (Wildman–Crippen LogP) is 19.0. The van der Waals surface area contributed by atoms with E-state index in [0.29, 0.717) is 19.3 Å². The molecule has 0 saturated heterocycles. The van der Waals surface area contributed by atoms with E-state index in [9.17, 15) is 28.9 Å². The summed E-state index contributed by atoms with van der Waals surface area (Å²) in [5.41, 5.74) is 0. The normalized spacial score (nSPS) is 13.9. The lowest BCUT2D eigenvalue weighted by Gasteiger charge is -2.21. The van der Waals surface area contributed by atoms with Gasteiger partial charge in [-0.1, -0.05) is 254 Å².